The van der Waals surface area contributed by atoms with E-state index in [1.54, 1.807) is 0 Å². The molecule has 152 valence electrons. The largest absolute Gasteiger partial charge is 0.371 e. The fourth-order valence-electron chi connectivity index (χ4n) is 4.15. The molecule has 1 aliphatic rings. The van der Waals surface area contributed by atoms with Crippen molar-refractivity contribution in [2.24, 2.45) is 0 Å². The van der Waals surface area contributed by atoms with E-state index in [1.807, 2.05) is 25.3 Å². The van der Waals surface area contributed by atoms with E-state index in [1.165, 1.54) is 16.8 Å². The van der Waals surface area contributed by atoms with E-state index < -0.39 is 0 Å². The Morgan fingerprint density at radius 3 is 2.79 bits per heavy atom. The van der Waals surface area contributed by atoms with Crippen LogP contribution in [0, 0.1) is 6.92 Å². The molecule has 0 unspecified atom stereocenters. The van der Waals surface area contributed by atoms with Crippen LogP contribution < -0.4 is 4.90 Å². The van der Waals surface area contributed by atoms with Crippen molar-refractivity contribution in [3.05, 3.63) is 59.0 Å². The Kier molecular flexibility index (Phi) is 6.07. The molecule has 2 aromatic heterocycles. The molecule has 0 saturated carbocycles. The van der Waals surface area contributed by atoms with Gasteiger partial charge in [0.15, 0.2) is 0 Å². The van der Waals surface area contributed by atoms with E-state index in [-0.39, 0.29) is 0 Å². The molecule has 0 bridgehead atoms. The number of nitrogens with one attached hydrogen (secondary N) is 1. The monoisotopic (exact) mass is 426 g/mol. The van der Waals surface area contributed by atoms with E-state index in [0.29, 0.717) is 6.04 Å². The van der Waals surface area contributed by atoms with Crippen LogP contribution in [0.1, 0.15) is 30.7 Å². The van der Waals surface area contributed by atoms with Crippen molar-refractivity contribution >= 4 is 45.4 Å². The predicted molar refractivity (Wildman–Crippen MR) is 126 cm³/mol. The SMILES string of the molecule is Cc1cc(N2CCC(N(C)C(=S)CCc3cc4ccc(Cl)cc4[nH]3)CC2)ccn1. The molecule has 4 rings (SSSR count). The van der Waals surface area contributed by atoms with E-state index in [2.05, 4.69) is 51.1 Å². The van der Waals surface area contributed by atoms with Crippen LogP contribution in [0.15, 0.2) is 42.6 Å². The van der Waals surface area contributed by atoms with Crippen LogP contribution in [-0.4, -0.2) is 46.0 Å². The molecular formula is C23H27ClN4S. The summed E-state index contributed by atoms with van der Waals surface area (Å²) >= 11 is 11.9. The molecule has 0 aliphatic carbocycles. The highest BCUT2D eigenvalue weighted by Gasteiger charge is 2.24. The molecule has 4 nitrogen and oxygen atoms in total. The second-order valence-electron chi connectivity index (χ2n) is 7.90. The number of halogens is 1. The molecule has 0 atom stereocenters. The first-order valence-electron chi connectivity index (χ1n) is 10.2. The number of hydrogen-bond acceptors (Lipinski definition) is 3. The summed E-state index contributed by atoms with van der Waals surface area (Å²) in [6.07, 6.45) is 5.96. The molecule has 29 heavy (non-hydrogen) atoms. The van der Waals surface area contributed by atoms with Crippen LogP contribution in [0.2, 0.25) is 5.02 Å². The van der Waals surface area contributed by atoms with Crippen molar-refractivity contribution < 1.29 is 0 Å². The van der Waals surface area contributed by atoms with Crippen LogP contribution in [-0.2, 0) is 6.42 Å². The lowest BCUT2D eigenvalue weighted by Gasteiger charge is -2.39. The fourth-order valence-corrected chi connectivity index (χ4v) is 4.58. The predicted octanol–water partition coefficient (Wildman–Crippen LogP) is 5.39. The van der Waals surface area contributed by atoms with Gasteiger partial charge in [0, 0.05) is 66.4 Å². The van der Waals surface area contributed by atoms with E-state index in [9.17, 15) is 0 Å². The number of H-pyrrole nitrogens is 1. The first-order valence-corrected chi connectivity index (χ1v) is 11.0. The Balaban J connectivity index is 1.30. The zero-order chi connectivity index (χ0) is 20.4. The second-order valence-corrected chi connectivity index (χ2v) is 8.81. The number of thiocarbonyl (C=S) groups is 1. The first-order chi connectivity index (χ1) is 14.0. The van der Waals surface area contributed by atoms with Crippen LogP contribution >= 0.6 is 23.8 Å². The summed E-state index contributed by atoms with van der Waals surface area (Å²) in [6, 6.07) is 13.0. The van der Waals surface area contributed by atoms with Gasteiger partial charge in [0.25, 0.3) is 0 Å². The summed E-state index contributed by atoms with van der Waals surface area (Å²) in [5.74, 6) is 0. The van der Waals surface area contributed by atoms with Crippen molar-refractivity contribution in [3.63, 3.8) is 0 Å². The molecule has 3 heterocycles. The molecule has 0 spiro atoms. The minimum absolute atomic E-state index is 0.517. The molecule has 0 radical (unpaired) electrons. The molecule has 1 aliphatic heterocycles. The van der Waals surface area contributed by atoms with Crippen LogP contribution in [0.25, 0.3) is 10.9 Å². The third-order valence-corrected chi connectivity index (χ3v) is 6.63. The molecule has 6 heteroatoms. The van der Waals surface area contributed by atoms with Gasteiger partial charge < -0.3 is 14.8 Å². The zero-order valence-electron chi connectivity index (χ0n) is 17.0. The number of hydrogen-bond donors (Lipinski definition) is 1. The maximum atomic E-state index is 6.09. The minimum Gasteiger partial charge on any atom is -0.371 e. The number of pyridine rings is 1. The smallest absolute Gasteiger partial charge is 0.0783 e. The van der Waals surface area contributed by atoms with Gasteiger partial charge in [-0.05, 0) is 61.9 Å². The number of aromatic amines is 1. The Hall–Kier alpha value is -2.11. The van der Waals surface area contributed by atoms with Gasteiger partial charge in [-0.15, -0.1) is 0 Å². The van der Waals surface area contributed by atoms with E-state index >= 15 is 0 Å². The van der Waals surface area contributed by atoms with E-state index in [4.69, 9.17) is 23.8 Å². The summed E-state index contributed by atoms with van der Waals surface area (Å²) in [6.45, 7) is 4.16. The first kappa shape index (κ1) is 20.2. The van der Waals surface area contributed by atoms with Crippen molar-refractivity contribution in [2.45, 2.75) is 38.6 Å². The maximum absolute atomic E-state index is 6.09. The number of nitrogens with zero attached hydrogens (tertiary/aromatic N) is 3. The Labute approximate surface area is 182 Å². The standard InChI is InChI=1S/C23H27ClN4S/c1-16-13-21(7-10-25-16)28-11-8-20(9-12-28)27(2)23(29)6-5-19-14-17-3-4-18(24)15-22(17)26-19/h3-4,7,10,13-15,20,26H,5-6,8-9,11-12H2,1-2H3. The van der Waals surface area contributed by atoms with Gasteiger partial charge >= 0.3 is 0 Å². The van der Waals surface area contributed by atoms with Crippen molar-refractivity contribution in [1.82, 2.24) is 14.9 Å². The van der Waals surface area contributed by atoms with E-state index in [0.717, 1.165) is 60.0 Å². The van der Waals surface area contributed by atoms with Gasteiger partial charge in [0.1, 0.15) is 0 Å². The second kappa shape index (κ2) is 8.72. The number of aromatic nitrogens is 2. The quantitative estimate of drug-likeness (QED) is 0.555. The number of rotatable bonds is 5. The highest BCUT2D eigenvalue weighted by Crippen LogP contribution is 2.24. The fraction of sp³-hybridized carbons (Fsp3) is 0.391. The van der Waals surface area contributed by atoms with Gasteiger partial charge in [0.05, 0.1) is 4.99 Å². The van der Waals surface area contributed by atoms with Gasteiger partial charge in [-0.1, -0.05) is 29.9 Å². The highest BCUT2D eigenvalue weighted by atomic mass is 35.5. The average molecular weight is 427 g/mol. The van der Waals surface area contributed by atoms with Gasteiger partial charge in [-0.25, -0.2) is 0 Å². The normalized spacial score (nSPS) is 15.1. The minimum atomic E-state index is 0.517. The average Bonchev–Trinajstić information content (AvgIpc) is 3.13. The number of piperidine rings is 1. The zero-order valence-corrected chi connectivity index (χ0v) is 18.6. The van der Waals surface area contributed by atoms with Gasteiger partial charge in [-0.3, -0.25) is 4.98 Å². The van der Waals surface area contributed by atoms with Gasteiger partial charge in [-0.2, -0.15) is 0 Å². The summed E-state index contributed by atoms with van der Waals surface area (Å²) in [5.41, 5.74) is 4.65. The Bertz CT molecular complexity index is 1010. The molecule has 1 fully saturated rings. The summed E-state index contributed by atoms with van der Waals surface area (Å²) < 4.78 is 0. The lowest BCUT2D eigenvalue weighted by atomic mass is 10.0. The maximum Gasteiger partial charge on any atom is 0.0783 e. The van der Waals surface area contributed by atoms with Crippen molar-refractivity contribution in [3.8, 4) is 0 Å². The molecule has 1 saturated heterocycles. The van der Waals surface area contributed by atoms with Crippen molar-refractivity contribution in [2.75, 3.05) is 25.0 Å². The lowest BCUT2D eigenvalue weighted by Crippen LogP contribution is -2.45. The Morgan fingerprint density at radius 2 is 2.03 bits per heavy atom. The number of benzene rings is 1. The van der Waals surface area contributed by atoms with Crippen LogP contribution in [0.3, 0.4) is 0 Å². The molecule has 1 aromatic carbocycles. The third kappa shape index (κ3) is 4.73. The molecule has 1 N–H and O–H groups in total. The lowest BCUT2D eigenvalue weighted by molar-refractivity contribution is 0.305. The molecule has 0 amide bonds. The number of fused-ring (bicyclic) bond motifs is 1. The number of anilines is 1. The third-order valence-electron chi connectivity index (χ3n) is 5.90. The van der Waals surface area contributed by atoms with Crippen LogP contribution in [0.5, 0.6) is 0 Å². The Morgan fingerprint density at radius 1 is 1.24 bits per heavy atom. The highest BCUT2D eigenvalue weighted by molar-refractivity contribution is 7.80. The van der Waals surface area contributed by atoms with Crippen LogP contribution in [0.4, 0.5) is 5.69 Å². The molecular weight excluding hydrogens is 400 g/mol. The summed E-state index contributed by atoms with van der Waals surface area (Å²) in [4.78, 5) is 13.6. The van der Waals surface area contributed by atoms with Gasteiger partial charge in [0.2, 0.25) is 0 Å². The summed E-state index contributed by atoms with van der Waals surface area (Å²) in [7, 11) is 2.16. The topological polar surface area (TPSA) is 35.2 Å². The molecule has 3 aromatic rings. The van der Waals surface area contributed by atoms with Crippen molar-refractivity contribution in [1.29, 1.82) is 0 Å². The summed E-state index contributed by atoms with van der Waals surface area (Å²) in [5, 5.41) is 1.96. The number of aryl methyl sites for hydroxylation is 2.